The van der Waals surface area contributed by atoms with Gasteiger partial charge in [0, 0.05) is 0 Å². The van der Waals surface area contributed by atoms with Crippen molar-refractivity contribution < 1.29 is 13.2 Å². The third-order valence-electron chi connectivity index (χ3n) is 2.44. The third kappa shape index (κ3) is 1.76. The van der Waals surface area contributed by atoms with Crippen LogP contribution in [0.3, 0.4) is 0 Å². The molecule has 0 bridgehead atoms. The summed E-state index contributed by atoms with van der Waals surface area (Å²) < 4.78 is 37.8. The topological polar surface area (TPSA) is 0 Å². The first-order chi connectivity index (χ1) is 6.48. The van der Waals surface area contributed by atoms with Gasteiger partial charge >= 0.3 is 6.18 Å². The summed E-state index contributed by atoms with van der Waals surface area (Å²) in [4.78, 5) is 0. The molecule has 75 valence electrons. The van der Waals surface area contributed by atoms with Gasteiger partial charge in [-0.1, -0.05) is 12.1 Å². The van der Waals surface area contributed by atoms with Crippen molar-refractivity contribution in [1.82, 2.24) is 0 Å². The van der Waals surface area contributed by atoms with E-state index in [9.17, 15) is 13.2 Å². The molecule has 1 saturated carbocycles. The van der Waals surface area contributed by atoms with Gasteiger partial charge in [0.15, 0.2) is 0 Å². The average Bonchev–Trinajstić information content (AvgIpc) is 2.85. The summed E-state index contributed by atoms with van der Waals surface area (Å²) in [5.74, 6) is 0.118. The molecule has 0 aromatic heterocycles. The van der Waals surface area contributed by atoms with E-state index in [1.54, 1.807) is 12.1 Å². The van der Waals surface area contributed by atoms with Gasteiger partial charge in [-0.15, -0.1) is 0 Å². The van der Waals surface area contributed by atoms with Gasteiger partial charge in [0.25, 0.3) is 0 Å². The lowest BCUT2D eigenvalue weighted by molar-refractivity contribution is -0.138. The molecule has 1 aromatic carbocycles. The highest BCUT2D eigenvalue weighted by Crippen LogP contribution is 2.45. The Balaban J connectivity index is 2.48. The molecule has 1 aromatic rings. The van der Waals surface area contributed by atoms with E-state index in [1.165, 1.54) is 0 Å². The monoisotopic (exact) mass is 199 g/mol. The van der Waals surface area contributed by atoms with Gasteiger partial charge < -0.3 is 0 Å². The zero-order valence-electron chi connectivity index (χ0n) is 7.56. The maximum Gasteiger partial charge on any atom is 0.416 e. The SMILES string of the molecule is [CH2]c1ccc(C2CC2)c(C(F)(F)F)c1. The van der Waals surface area contributed by atoms with E-state index < -0.39 is 11.7 Å². The van der Waals surface area contributed by atoms with Crippen LogP contribution in [0.4, 0.5) is 13.2 Å². The van der Waals surface area contributed by atoms with E-state index >= 15 is 0 Å². The molecule has 2 rings (SSSR count). The first-order valence-corrected chi connectivity index (χ1v) is 4.51. The summed E-state index contributed by atoms with van der Waals surface area (Å²) in [7, 11) is 0. The van der Waals surface area contributed by atoms with Crippen molar-refractivity contribution in [3.8, 4) is 0 Å². The molecular formula is C11H10F3. The standard InChI is InChI=1S/C11H10F3/c1-7-2-5-9(8-3-4-8)10(6-7)11(12,13)14/h2,5-6,8H,1,3-4H2. The van der Waals surface area contributed by atoms with E-state index in [0.29, 0.717) is 11.1 Å². The lowest BCUT2D eigenvalue weighted by Gasteiger charge is -2.12. The molecule has 0 N–H and O–H groups in total. The summed E-state index contributed by atoms with van der Waals surface area (Å²) >= 11 is 0. The lowest BCUT2D eigenvalue weighted by Crippen LogP contribution is -2.08. The van der Waals surface area contributed by atoms with E-state index in [4.69, 9.17) is 0 Å². The number of halogens is 3. The highest BCUT2D eigenvalue weighted by Gasteiger charge is 2.37. The van der Waals surface area contributed by atoms with Crippen molar-refractivity contribution >= 4 is 0 Å². The Morgan fingerprint density at radius 3 is 2.36 bits per heavy atom. The molecule has 0 aliphatic heterocycles. The Morgan fingerprint density at radius 1 is 1.21 bits per heavy atom. The maximum absolute atomic E-state index is 12.6. The average molecular weight is 199 g/mol. The normalized spacial score (nSPS) is 17.1. The Morgan fingerprint density at radius 2 is 1.86 bits per heavy atom. The van der Waals surface area contributed by atoms with Gasteiger partial charge in [0.1, 0.15) is 0 Å². The Labute approximate surface area is 80.7 Å². The summed E-state index contributed by atoms with van der Waals surface area (Å²) in [5, 5.41) is 0. The fraction of sp³-hybridized carbons (Fsp3) is 0.364. The predicted octanol–water partition coefficient (Wildman–Crippen LogP) is 3.76. The van der Waals surface area contributed by atoms with Gasteiger partial charge in [-0.3, -0.25) is 0 Å². The minimum absolute atomic E-state index is 0.118. The van der Waals surface area contributed by atoms with Gasteiger partial charge in [-0.2, -0.15) is 13.2 Å². The second kappa shape index (κ2) is 3.01. The van der Waals surface area contributed by atoms with Crippen LogP contribution in [-0.2, 0) is 6.18 Å². The van der Waals surface area contributed by atoms with Crippen molar-refractivity contribution in [2.45, 2.75) is 24.9 Å². The Hall–Kier alpha value is -0.990. The van der Waals surface area contributed by atoms with Crippen molar-refractivity contribution in [1.29, 1.82) is 0 Å². The molecule has 1 aliphatic rings. The van der Waals surface area contributed by atoms with E-state index in [-0.39, 0.29) is 5.92 Å². The molecule has 0 spiro atoms. The molecule has 1 fully saturated rings. The number of hydrogen-bond acceptors (Lipinski definition) is 0. The van der Waals surface area contributed by atoms with Crippen LogP contribution >= 0.6 is 0 Å². The van der Waals surface area contributed by atoms with Gasteiger partial charge in [0.2, 0.25) is 0 Å². The predicted molar refractivity (Wildman–Crippen MR) is 47.9 cm³/mol. The minimum atomic E-state index is -4.24. The lowest BCUT2D eigenvalue weighted by atomic mass is 10.0. The summed E-state index contributed by atoms with van der Waals surface area (Å²) in [6, 6.07) is 4.33. The van der Waals surface area contributed by atoms with E-state index in [1.807, 2.05) is 0 Å². The molecule has 0 amide bonds. The molecule has 1 radical (unpaired) electrons. The number of hydrogen-bond donors (Lipinski definition) is 0. The fourth-order valence-corrected chi connectivity index (χ4v) is 1.60. The van der Waals surface area contributed by atoms with Crippen LogP contribution in [0.15, 0.2) is 18.2 Å². The quantitative estimate of drug-likeness (QED) is 0.645. The number of rotatable bonds is 1. The molecule has 0 heterocycles. The fourth-order valence-electron chi connectivity index (χ4n) is 1.60. The van der Waals surface area contributed by atoms with E-state index in [2.05, 4.69) is 6.92 Å². The Bertz CT molecular complexity index is 348. The smallest absolute Gasteiger partial charge is 0.166 e. The molecular weight excluding hydrogens is 189 g/mol. The molecule has 14 heavy (non-hydrogen) atoms. The second-order valence-electron chi connectivity index (χ2n) is 3.69. The van der Waals surface area contributed by atoms with Crippen LogP contribution in [0, 0.1) is 6.92 Å². The van der Waals surface area contributed by atoms with Crippen molar-refractivity contribution in [2.24, 2.45) is 0 Å². The van der Waals surface area contributed by atoms with Crippen molar-refractivity contribution in [3.63, 3.8) is 0 Å². The van der Waals surface area contributed by atoms with Gasteiger partial charge in [-0.25, -0.2) is 0 Å². The third-order valence-corrected chi connectivity index (χ3v) is 2.44. The van der Waals surface area contributed by atoms with Crippen LogP contribution < -0.4 is 0 Å². The molecule has 0 atom stereocenters. The highest BCUT2D eigenvalue weighted by molar-refractivity contribution is 5.39. The Kier molecular flexibility index (Phi) is 2.05. The van der Waals surface area contributed by atoms with Crippen LogP contribution in [0.2, 0.25) is 0 Å². The van der Waals surface area contributed by atoms with Crippen LogP contribution in [0.1, 0.15) is 35.4 Å². The summed E-state index contributed by atoms with van der Waals surface area (Å²) in [6.07, 6.45) is -2.50. The molecule has 0 nitrogen and oxygen atoms in total. The van der Waals surface area contributed by atoms with Crippen LogP contribution in [0.5, 0.6) is 0 Å². The molecule has 0 saturated heterocycles. The molecule has 3 heteroatoms. The van der Waals surface area contributed by atoms with Crippen molar-refractivity contribution in [2.75, 3.05) is 0 Å². The first-order valence-electron chi connectivity index (χ1n) is 4.51. The zero-order valence-corrected chi connectivity index (χ0v) is 7.56. The summed E-state index contributed by atoms with van der Waals surface area (Å²) in [6.45, 7) is 3.52. The maximum atomic E-state index is 12.6. The zero-order chi connectivity index (χ0) is 10.3. The highest BCUT2D eigenvalue weighted by atomic mass is 19.4. The van der Waals surface area contributed by atoms with Gasteiger partial charge in [-0.05, 0) is 42.9 Å². The summed E-state index contributed by atoms with van der Waals surface area (Å²) in [5.41, 5.74) is 0.346. The van der Waals surface area contributed by atoms with E-state index in [0.717, 1.165) is 18.9 Å². The van der Waals surface area contributed by atoms with Crippen LogP contribution in [0.25, 0.3) is 0 Å². The van der Waals surface area contributed by atoms with Gasteiger partial charge in [0.05, 0.1) is 5.56 Å². The molecule has 0 unspecified atom stereocenters. The minimum Gasteiger partial charge on any atom is -0.166 e. The molecule has 1 aliphatic carbocycles. The number of alkyl halides is 3. The largest absolute Gasteiger partial charge is 0.416 e. The van der Waals surface area contributed by atoms with Crippen LogP contribution in [-0.4, -0.2) is 0 Å². The van der Waals surface area contributed by atoms with Crippen molar-refractivity contribution in [3.05, 3.63) is 41.8 Å². The number of benzene rings is 1. The first kappa shape index (κ1) is 9.56. The second-order valence-corrected chi connectivity index (χ2v) is 3.69.